The fourth-order valence-electron chi connectivity index (χ4n) is 0.911. The number of ketones is 1. The molecular weight excluding hydrogens is 156 g/mol. The first-order valence-electron chi connectivity index (χ1n) is 4.20. The van der Waals surface area contributed by atoms with Crippen molar-refractivity contribution in [2.24, 2.45) is 5.92 Å². The molecular formula is C9H18O3. The summed E-state index contributed by atoms with van der Waals surface area (Å²) in [6.07, 6.45) is -0.526. The van der Waals surface area contributed by atoms with Gasteiger partial charge in [0.2, 0.25) is 0 Å². The summed E-state index contributed by atoms with van der Waals surface area (Å²) in [5.74, 6) is -0.124. The van der Waals surface area contributed by atoms with Crippen LogP contribution in [-0.4, -0.2) is 27.7 Å². The minimum Gasteiger partial charge on any atom is -0.390 e. The fraction of sp³-hybridized carbons (Fsp3) is 0.889. The molecule has 0 spiro atoms. The van der Waals surface area contributed by atoms with Crippen molar-refractivity contribution in [1.29, 1.82) is 0 Å². The predicted molar refractivity (Wildman–Crippen MR) is 46.8 cm³/mol. The van der Waals surface area contributed by atoms with E-state index in [1.54, 1.807) is 0 Å². The number of rotatable bonds is 4. The van der Waals surface area contributed by atoms with Crippen molar-refractivity contribution in [1.82, 2.24) is 0 Å². The Bertz CT molecular complexity index is 161. The van der Waals surface area contributed by atoms with Crippen molar-refractivity contribution >= 4 is 5.78 Å². The maximum atomic E-state index is 10.9. The summed E-state index contributed by atoms with van der Waals surface area (Å²) in [5, 5.41) is 19.0. The van der Waals surface area contributed by atoms with Crippen molar-refractivity contribution in [2.45, 2.75) is 45.8 Å². The van der Waals surface area contributed by atoms with Gasteiger partial charge in [-0.3, -0.25) is 4.79 Å². The molecule has 0 rings (SSSR count). The van der Waals surface area contributed by atoms with Crippen LogP contribution in [0.3, 0.4) is 0 Å². The van der Waals surface area contributed by atoms with Gasteiger partial charge in [-0.15, -0.1) is 0 Å². The highest BCUT2D eigenvalue weighted by atomic mass is 16.3. The van der Waals surface area contributed by atoms with Crippen LogP contribution < -0.4 is 0 Å². The van der Waals surface area contributed by atoms with Crippen LogP contribution in [0.1, 0.15) is 34.1 Å². The van der Waals surface area contributed by atoms with Gasteiger partial charge in [-0.1, -0.05) is 13.8 Å². The van der Waals surface area contributed by atoms with Crippen LogP contribution in [0.2, 0.25) is 0 Å². The SMILES string of the molecule is CC(=O)[C@](C)(O)[C@H](O)CC(C)C. The molecule has 3 nitrogen and oxygen atoms in total. The van der Waals surface area contributed by atoms with Gasteiger partial charge >= 0.3 is 0 Å². The Hall–Kier alpha value is -0.410. The summed E-state index contributed by atoms with van der Waals surface area (Å²) >= 11 is 0. The molecule has 0 saturated carbocycles. The molecule has 0 aliphatic carbocycles. The van der Waals surface area contributed by atoms with E-state index in [1.165, 1.54) is 13.8 Å². The van der Waals surface area contributed by atoms with Crippen molar-refractivity contribution in [3.63, 3.8) is 0 Å². The molecule has 0 bridgehead atoms. The average molecular weight is 174 g/mol. The molecule has 0 saturated heterocycles. The van der Waals surface area contributed by atoms with E-state index in [0.29, 0.717) is 6.42 Å². The van der Waals surface area contributed by atoms with E-state index >= 15 is 0 Å². The van der Waals surface area contributed by atoms with E-state index in [0.717, 1.165) is 0 Å². The number of Topliss-reactive ketones (excluding diaryl/α,β-unsaturated/α-hetero) is 1. The highest BCUT2D eigenvalue weighted by Gasteiger charge is 2.35. The van der Waals surface area contributed by atoms with E-state index in [2.05, 4.69) is 0 Å². The maximum absolute atomic E-state index is 10.9. The molecule has 0 heterocycles. The van der Waals surface area contributed by atoms with E-state index in [9.17, 15) is 15.0 Å². The van der Waals surface area contributed by atoms with Gasteiger partial charge in [-0.25, -0.2) is 0 Å². The number of hydrogen-bond acceptors (Lipinski definition) is 3. The minimum absolute atomic E-state index is 0.269. The van der Waals surface area contributed by atoms with Crippen LogP contribution in [0.5, 0.6) is 0 Å². The third kappa shape index (κ3) is 2.91. The lowest BCUT2D eigenvalue weighted by Crippen LogP contribution is -2.46. The molecule has 0 aliphatic heterocycles. The summed E-state index contributed by atoms with van der Waals surface area (Å²) < 4.78 is 0. The molecule has 0 fully saturated rings. The molecule has 0 unspecified atom stereocenters. The summed E-state index contributed by atoms with van der Waals surface area (Å²) in [5.41, 5.74) is -1.59. The lowest BCUT2D eigenvalue weighted by atomic mass is 9.89. The molecule has 0 radical (unpaired) electrons. The van der Waals surface area contributed by atoms with Gasteiger partial charge in [0.05, 0.1) is 6.10 Å². The monoisotopic (exact) mass is 174 g/mol. The molecule has 3 heteroatoms. The molecule has 0 amide bonds. The molecule has 72 valence electrons. The second-order valence-corrected chi connectivity index (χ2v) is 3.85. The molecule has 2 N–H and O–H groups in total. The summed E-state index contributed by atoms with van der Waals surface area (Å²) in [7, 11) is 0. The normalized spacial score (nSPS) is 18.9. The van der Waals surface area contributed by atoms with Gasteiger partial charge in [0.15, 0.2) is 5.78 Å². The Balaban J connectivity index is 4.25. The number of aliphatic hydroxyl groups excluding tert-OH is 1. The zero-order valence-corrected chi connectivity index (χ0v) is 8.16. The number of carbonyl (C=O) groups is 1. The van der Waals surface area contributed by atoms with Crippen LogP contribution in [-0.2, 0) is 4.79 Å². The van der Waals surface area contributed by atoms with Gasteiger partial charge < -0.3 is 10.2 Å². The molecule has 0 aliphatic rings. The third-order valence-corrected chi connectivity index (χ3v) is 2.06. The van der Waals surface area contributed by atoms with Gasteiger partial charge in [-0.05, 0) is 26.2 Å². The number of aliphatic hydroxyl groups is 2. The van der Waals surface area contributed by atoms with Crippen LogP contribution in [0.25, 0.3) is 0 Å². The largest absolute Gasteiger partial charge is 0.390 e. The van der Waals surface area contributed by atoms with Gasteiger partial charge in [-0.2, -0.15) is 0 Å². The van der Waals surface area contributed by atoms with Crippen LogP contribution in [0.15, 0.2) is 0 Å². The van der Waals surface area contributed by atoms with E-state index in [1.807, 2.05) is 13.8 Å². The van der Waals surface area contributed by atoms with E-state index in [4.69, 9.17) is 0 Å². The number of carbonyl (C=O) groups excluding carboxylic acids is 1. The Labute approximate surface area is 73.4 Å². The summed E-state index contributed by atoms with van der Waals surface area (Å²) in [6, 6.07) is 0. The number of hydrogen-bond donors (Lipinski definition) is 2. The fourth-order valence-corrected chi connectivity index (χ4v) is 0.911. The smallest absolute Gasteiger partial charge is 0.163 e. The lowest BCUT2D eigenvalue weighted by Gasteiger charge is -2.27. The first kappa shape index (κ1) is 11.6. The Morgan fingerprint density at radius 2 is 1.92 bits per heavy atom. The zero-order chi connectivity index (χ0) is 9.94. The van der Waals surface area contributed by atoms with Crippen LogP contribution in [0.4, 0.5) is 0 Å². The Kier molecular flexibility index (Phi) is 3.87. The first-order chi connectivity index (χ1) is 5.28. The van der Waals surface area contributed by atoms with Gasteiger partial charge in [0.1, 0.15) is 5.60 Å². The van der Waals surface area contributed by atoms with E-state index in [-0.39, 0.29) is 5.92 Å². The second-order valence-electron chi connectivity index (χ2n) is 3.85. The highest BCUT2D eigenvalue weighted by molar-refractivity contribution is 5.84. The van der Waals surface area contributed by atoms with Crippen molar-refractivity contribution in [3.8, 4) is 0 Å². The molecule has 0 aromatic carbocycles. The van der Waals surface area contributed by atoms with Crippen molar-refractivity contribution < 1.29 is 15.0 Å². The minimum atomic E-state index is -1.59. The van der Waals surface area contributed by atoms with Gasteiger partial charge in [0.25, 0.3) is 0 Å². The first-order valence-corrected chi connectivity index (χ1v) is 4.20. The van der Waals surface area contributed by atoms with Crippen LogP contribution >= 0.6 is 0 Å². The molecule has 2 atom stereocenters. The Morgan fingerprint density at radius 1 is 1.50 bits per heavy atom. The topological polar surface area (TPSA) is 57.5 Å². The summed E-state index contributed by atoms with van der Waals surface area (Å²) in [6.45, 7) is 6.49. The lowest BCUT2D eigenvalue weighted by molar-refractivity contribution is -0.146. The molecule has 12 heavy (non-hydrogen) atoms. The predicted octanol–water partition coefficient (Wildman–Crippen LogP) is 0.733. The molecule has 0 aromatic rings. The van der Waals surface area contributed by atoms with Crippen molar-refractivity contribution in [3.05, 3.63) is 0 Å². The summed E-state index contributed by atoms with van der Waals surface area (Å²) in [4.78, 5) is 10.9. The standard InChI is InChI=1S/C9H18O3/c1-6(2)5-8(11)9(4,12)7(3)10/h6,8,11-12H,5H2,1-4H3/t8-,9+/m1/s1. The van der Waals surface area contributed by atoms with E-state index < -0.39 is 17.5 Å². The molecule has 0 aromatic heterocycles. The van der Waals surface area contributed by atoms with Crippen LogP contribution in [0, 0.1) is 5.92 Å². The zero-order valence-electron chi connectivity index (χ0n) is 8.16. The van der Waals surface area contributed by atoms with Crippen molar-refractivity contribution in [2.75, 3.05) is 0 Å². The average Bonchev–Trinajstić information content (AvgIpc) is 1.85. The quantitative estimate of drug-likeness (QED) is 0.660. The second kappa shape index (κ2) is 4.01. The van der Waals surface area contributed by atoms with Gasteiger partial charge in [0, 0.05) is 0 Å². The third-order valence-electron chi connectivity index (χ3n) is 2.06. The Morgan fingerprint density at radius 3 is 2.17 bits per heavy atom. The maximum Gasteiger partial charge on any atom is 0.163 e. The highest BCUT2D eigenvalue weighted by Crippen LogP contribution is 2.17.